The van der Waals surface area contributed by atoms with Crippen LogP contribution in [0.4, 0.5) is 11.4 Å². The molecule has 1 N–H and O–H groups in total. The van der Waals surface area contributed by atoms with E-state index in [4.69, 9.17) is 23.2 Å². The van der Waals surface area contributed by atoms with Gasteiger partial charge in [0.2, 0.25) is 0 Å². The van der Waals surface area contributed by atoms with Crippen molar-refractivity contribution in [2.45, 2.75) is 0 Å². The number of halogens is 3. The number of nitro groups is 1. The van der Waals surface area contributed by atoms with Crippen LogP contribution in [0.3, 0.4) is 0 Å². The average molecular weight is 390 g/mol. The summed E-state index contributed by atoms with van der Waals surface area (Å²) in [6, 6.07) is 8.54. The quantitative estimate of drug-likeness (QED) is 0.598. The number of hydrogen-bond acceptors (Lipinski definition) is 3. The number of non-ortho nitro benzene ring substituents is 1. The first-order valence-electron chi connectivity index (χ1n) is 5.59. The number of nitrogens with one attached hydrogen (secondary N) is 1. The third kappa shape index (κ3) is 3.72. The molecule has 0 atom stereocenters. The Kier molecular flexibility index (Phi) is 4.82. The summed E-state index contributed by atoms with van der Waals surface area (Å²) in [4.78, 5) is 22.4. The molecule has 0 radical (unpaired) electrons. The van der Waals surface area contributed by atoms with Gasteiger partial charge in [-0.25, -0.2) is 0 Å². The second-order valence-corrected chi connectivity index (χ2v) is 5.70. The van der Waals surface area contributed by atoms with E-state index in [0.29, 0.717) is 20.2 Å². The Balaban J connectivity index is 2.34. The van der Waals surface area contributed by atoms with Crippen molar-refractivity contribution >= 4 is 56.4 Å². The summed E-state index contributed by atoms with van der Waals surface area (Å²) in [5.74, 6) is -0.533. The molecule has 5 nitrogen and oxygen atoms in total. The number of carbonyl (C=O) groups is 1. The van der Waals surface area contributed by atoms with Crippen LogP contribution >= 0.6 is 39.1 Å². The van der Waals surface area contributed by atoms with E-state index in [2.05, 4.69) is 21.2 Å². The number of hydrogen-bond donors (Lipinski definition) is 1. The summed E-state index contributed by atoms with van der Waals surface area (Å²) in [7, 11) is 0. The number of nitro benzene ring substituents is 1. The zero-order valence-electron chi connectivity index (χ0n) is 10.3. The van der Waals surface area contributed by atoms with E-state index in [-0.39, 0.29) is 11.3 Å². The molecule has 0 aliphatic carbocycles. The normalized spacial score (nSPS) is 10.2. The largest absolute Gasteiger partial charge is 0.321 e. The van der Waals surface area contributed by atoms with Gasteiger partial charge in [0.25, 0.3) is 11.6 Å². The van der Waals surface area contributed by atoms with Crippen molar-refractivity contribution in [1.82, 2.24) is 0 Å². The molecule has 2 rings (SSSR count). The molecule has 2 aromatic rings. The van der Waals surface area contributed by atoms with Crippen molar-refractivity contribution in [2.75, 3.05) is 5.32 Å². The molecule has 8 heteroatoms. The summed E-state index contributed by atoms with van der Waals surface area (Å²) >= 11 is 15.0. The lowest BCUT2D eigenvalue weighted by molar-refractivity contribution is -0.384. The Bertz CT molecular complexity index is 737. The van der Waals surface area contributed by atoms with E-state index in [1.807, 2.05) is 0 Å². The fraction of sp³-hybridized carbons (Fsp3) is 0. The van der Waals surface area contributed by atoms with Crippen LogP contribution in [0, 0.1) is 10.1 Å². The van der Waals surface area contributed by atoms with Gasteiger partial charge >= 0.3 is 0 Å². The average Bonchev–Trinajstić information content (AvgIpc) is 2.43. The van der Waals surface area contributed by atoms with Gasteiger partial charge in [-0.15, -0.1) is 0 Å². The fourth-order valence-electron chi connectivity index (χ4n) is 1.58. The van der Waals surface area contributed by atoms with Gasteiger partial charge in [0.05, 0.1) is 21.2 Å². The zero-order chi connectivity index (χ0) is 15.6. The number of amides is 1. The van der Waals surface area contributed by atoms with E-state index in [0.717, 1.165) is 0 Å². The first kappa shape index (κ1) is 15.8. The van der Waals surface area contributed by atoms with Gasteiger partial charge in [-0.1, -0.05) is 23.2 Å². The predicted molar refractivity (Wildman–Crippen MR) is 85.2 cm³/mol. The van der Waals surface area contributed by atoms with Crippen molar-refractivity contribution in [3.8, 4) is 0 Å². The van der Waals surface area contributed by atoms with Crippen LogP contribution in [-0.2, 0) is 0 Å². The summed E-state index contributed by atoms with van der Waals surface area (Å²) in [5, 5.41) is 14.1. The van der Waals surface area contributed by atoms with Crippen LogP contribution in [0.25, 0.3) is 0 Å². The van der Waals surface area contributed by atoms with Crippen LogP contribution in [0.5, 0.6) is 0 Å². The maximum atomic E-state index is 12.2. The van der Waals surface area contributed by atoms with Crippen molar-refractivity contribution in [1.29, 1.82) is 0 Å². The van der Waals surface area contributed by atoms with Gasteiger partial charge in [-0.2, -0.15) is 0 Å². The smallest absolute Gasteiger partial charge is 0.270 e. The second-order valence-electron chi connectivity index (χ2n) is 4.00. The Morgan fingerprint density at radius 2 is 1.90 bits per heavy atom. The van der Waals surface area contributed by atoms with E-state index < -0.39 is 10.8 Å². The number of nitrogens with zero attached hydrogens (tertiary/aromatic N) is 1. The lowest BCUT2D eigenvalue weighted by Gasteiger charge is -2.09. The molecule has 0 saturated heterocycles. The van der Waals surface area contributed by atoms with Gasteiger partial charge in [0.1, 0.15) is 0 Å². The van der Waals surface area contributed by atoms with Crippen molar-refractivity contribution in [3.05, 3.63) is 66.6 Å². The lowest BCUT2D eigenvalue weighted by Crippen LogP contribution is -2.13. The Morgan fingerprint density at radius 1 is 1.19 bits per heavy atom. The van der Waals surface area contributed by atoms with Crippen LogP contribution in [0.1, 0.15) is 10.4 Å². The molecule has 0 bridgehead atoms. The van der Waals surface area contributed by atoms with Gasteiger partial charge in [0, 0.05) is 21.6 Å². The SMILES string of the molecule is O=C(Nc1cc(Cl)ccc1Cl)c1cc([N+](=O)[O-])ccc1Br. The minimum atomic E-state index is -0.574. The summed E-state index contributed by atoms with van der Waals surface area (Å²) < 4.78 is 0.434. The van der Waals surface area contributed by atoms with Crippen LogP contribution in [0.15, 0.2) is 40.9 Å². The minimum Gasteiger partial charge on any atom is -0.321 e. The van der Waals surface area contributed by atoms with Crippen molar-refractivity contribution < 1.29 is 9.72 Å². The van der Waals surface area contributed by atoms with Gasteiger partial charge < -0.3 is 5.32 Å². The summed E-state index contributed by atoms with van der Waals surface area (Å²) in [6.45, 7) is 0. The number of anilines is 1. The maximum absolute atomic E-state index is 12.2. The Labute approximate surface area is 138 Å². The first-order chi connectivity index (χ1) is 9.88. The fourth-order valence-corrected chi connectivity index (χ4v) is 2.35. The lowest BCUT2D eigenvalue weighted by atomic mass is 10.2. The molecule has 0 aromatic heterocycles. The first-order valence-corrected chi connectivity index (χ1v) is 7.13. The molecule has 0 saturated carbocycles. The van der Waals surface area contributed by atoms with E-state index >= 15 is 0 Å². The molecule has 2 aromatic carbocycles. The van der Waals surface area contributed by atoms with Crippen LogP contribution in [0.2, 0.25) is 10.0 Å². The van der Waals surface area contributed by atoms with Crippen molar-refractivity contribution in [3.63, 3.8) is 0 Å². The van der Waals surface area contributed by atoms with Crippen LogP contribution < -0.4 is 5.32 Å². The third-order valence-electron chi connectivity index (χ3n) is 2.58. The molecular weight excluding hydrogens is 383 g/mol. The molecule has 0 aliphatic rings. The highest BCUT2D eigenvalue weighted by Crippen LogP contribution is 2.28. The zero-order valence-corrected chi connectivity index (χ0v) is 13.4. The van der Waals surface area contributed by atoms with Gasteiger partial charge in [-0.3, -0.25) is 14.9 Å². The Hall–Kier alpha value is -1.63. The molecule has 0 spiro atoms. The monoisotopic (exact) mass is 388 g/mol. The minimum absolute atomic E-state index is 0.125. The van der Waals surface area contributed by atoms with E-state index in [9.17, 15) is 14.9 Å². The molecule has 0 unspecified atom stereocenters. The third-order valence-corrected chi connectivity index (χ3v) is 3.84. The molecule has 0 aliphatic heterocycles. The maximum Gasteiger partial charge on any atom is 0.270 e. The van der Waals surface area contributed by atoms with Gasteiger partial charge in [0.15, 0.2) is 0 Å². The second kappa shape index (κ2) is 6.43. The Morgan fingerprint density at radius 3 is 2.57 bits per heavy atom. The number of rotatable bonds is 3. The predicted octanol–water partition coefficient (Wildman–Crippen LogP) is 4.92. The van der Waals surface area contributed by atoms with E-state index in [1.165, 1.54) is 24.3 Å². The highest BCUT2D eigenvalue weighted by atomic mass is 79.9. The highest BCUT2D eigenvalue weighted by Gasteiger charge is 2.16. The summed E-state index contributed by atoms with van der Waals surface area (Å²) in [6.07, 6.45) is 0. The molecular formula is C13H7BrCl2N2O3. The molecule has 1 amide bonds. The molecule has 0 heterocycles. The standard InChI is InChI=1S/C13H7BrCl2N2O3/c14-10-3-2-8(18(20)21)6-9(10)13(19)17-12-5-7(15)1-4-11(12)16/h1-6H,(H,17,19). The number of benzene rings is 2. The molecule has 108 valence electrons. The van der Waals surface area contributed by atoms with Crippen LogP contribution in [-0.4, -0.2) is 10.8 Å². The summed E-state index contributed by atoms with van der Waals surface area (Å²) in [5.41, 5.74) is 0.272. The van der Waals surface area contributed by atoms with Crippen molar-refractivity contribution in [2.24, 2.45) is 0 Å². The topological polar surface area (TPSA) is 72.2 Å². The van der Waals surface area contributed by atoms with E-state index in [1.54, 1.807) is 12.1 Å². The molecule has 0 fully saturated rings. The number of carbonyl (C=O) groups excluding carboxylic acids is 1. The van der Waals surface area contributed by atoms with Gasteiger partial charge in [-0.05, 0) is 40.2 Å². The molecule has 21 heavy (non-hydrogen) atoms. The highest BCUT2D eigenvalue weighted by molar-refractivity contribution is 9.10.